The number of likely N-dealkylation sites (tertiary alicyclic amines) is 1. The summed E-state index contributed by atoms with van der Waals surface area (Å²) in [5.41, 5.74) is 0. The first-order valence-electron chi connectivity index (χ1n) is 6.08. The van der Waals surface area contributed by atoms with Crippen LogP contribution in [0, 0.1) is 0 Å². The number of ether oxygens (including phenoxy) is 1. The van der Waals surface area contributed by atoms with Crippen LogP contribution in [0.4, 0.5) is 0 Å². The topological polar surface area (TPSA) is 70.0 Å². The van der Waals surface area contributed by atoms with Crippen LogP contribution >= 0.6 is 15.9 Å². The molecule has 104 valence electrons. The van der Waals surface area contributed by atoms with E-state index in [0.717, 1.165) is 4.47 Å². The smallest absolute Gasteiger partial charge is 0.226 e. The summed E-state index contributed by atoms with van der Waals surface area (Å²) < 4.78 is 6.39. The normalized spacial score (nSPS) is 22.6. The highest BCUT2D eigenvalue weighted by molar-refractivity contribution is 9.10. The summed E-state index contributed by atoms with van der Waals surface area (Å²) in [6, 6.07) is 7.39. The Balaban J connectivity index is 1.75. The number of halogens is 1. The molecule has 0 saturated carbocycles. The third-order valence-electron chi connectivity index (χ3n) is 2.99. The summed E-state index contributed by atoms with van der Waals surface area (Å²) in [5, 5.41) is 18.7. The van der Waals surface area contributed by atoms with Crippen molar-refractivity contribution < 1.29 is 19.7 Å². The lowest BCUT2D eigenvalue weighted by Crippen LogP contribution is -2.30. The molecular weight excluding hydrogens is 314 g/mol. The van der Waals surface area contributed by atoms with Crippen LogP contribution in [0.25, 0.3) is 0 Å². The number of benzene rings is 1. The minimum Gasteiger partial charge on any atom is -0.493 e. The van der Waals surface area contributed by atoms with Crippen LogP contribution in [0.15, 0.2) is 28.7 Å². The van der Waals surface area contributed by atoms with Crippen LogP contribution in [0.5, 0.6) is 5.75 Å². The lowest BCUT2D eigenvalue weighted by molar-refractivity contribution is -0.131. The highest BCUT2D eigenvalue weighted by Gasteiger charge is 2.32. The maximum Gasteiger partial charge on any atom is 0.226 e. The van der Waals surface area contributed by atoms with E-state index in [0.29, 0.717) is 5.75 Å². The van der Waals surface area contributed by atoms with Crippen molar-refractivity contribution in [2.75, 3.05) is 19.7 Å². The average Bonchev–Trinajstić information content (AvgIpc) is 2.70. The third-order valence-corrected chi connectivity index (χ3v) is 3.49. The Kier molecular flexibility index (Phi) is 4.79. The lowest BCUT2D eigenvalue weighted by atomic mass is 10.3. The van der Waals surface area contributed by atoms with Gasteiger partial charge in [0.15, 0.2) is 0 Å². The number of hydrogen-bond acceptors (Lipinski definition) is 4. The van der Waals surface area contributed by atoms with Crippen molar-refractivity contribution in [3.8, 4) is 5.75 Å². The van der Waals surface area contributed by atoms with E-state index < -0.39 is 12.2 Å². The van der Waals surface area contributed by atoms with Crippen molar-refractivity contribution in [1.82, 2.24) is 4.90 Å². The van der Waals surface area contributed by atoms with Crippen molar-refractivity contribution in [1.29, 1.82) is 0 Å². The maximum atomic E-state index is 11.8. The van der Waals surface area contributed by atoms with Gasteiger partial charge >= 0.3 is 0 Å². The summed E-state index contributed by atoms with van der Waals surface area (Å²) in [6.07, 6.45) is -1.45. The molecule has 1 aliphatic heterocycles. The molecule has 0 radical (unpaired) electrons. The second kappa shape index (κ2) is 6.36. The minimum absolute atomic E-state index is 0.120. The van der Waals surface area contributed by atoms with Crippen molar-refractivity contribution in [2.24, 2.45) is 0 Å². The van der Waals surface area contributed by atoms with E-state index in [4.69, 9.17) is 4.74 Å². The number of aliphatic hydroxyl groups is 2. The molecule has 2 rings (SSSR count). The van der Waals surface area contributed by atoms with E-state index >= 15 is 0 Å². The van der Waals surface area contributed by atoms with Crippen LogP contribution in [-0.4, -0.2) is 52.9 Å². The van der Waals surface area contributed by atoms with Crippen LogP contribution in [0.1, 0.15) is 6.42 Å². The van der Waals surface area contributed by atoms with Gasteiger partial charge < -0.3 is 19.8 Å². The minimum atomic E-state index is -0.838. The number of hydrogen-bond donors (Lipinski definition) is 2. The molecule has 2 unspecified atom stereocenters. The maximum absolute atomic E-state index is 11.8. The second-order valence-corrected chi connectivity index (χ2v) is 5.40. The second-order valence-electron chi connectivity index (χ2n) is 4.49. The molecule has 1 aromatic rings. The monoisotopic (exact) mass is 329 g/mol. The van der Waals surface area contributed by atoms with Crippen LogP contribution in [0.2, 0.25) is 0 Å². The van der Waals surface area contributed by atoms with Gasteiger partial charge in [0, 0.05) is 17.6 Å². The molecule has 0 spiro atoms. The number of carbonyl (C=O) groups excluding carboxylic acids is 1. The third kappa shape index (κ3) is 3.92. The van der Waals surface area contributed by atoms with Gasteiger partial charge in [0.05, 0.1) is 25.2 Å². The molecule has 2 atom stereocenters. The molecule has 1 heterocycles. The zero-order valence-electron chi connectivity index (χ0n) is 10.3. The van der Waals surface area contributed by atoms with Gasteiger partial charge in [0.25, 0.3) is 0 Å². The Morgan fingerprint density at radius 1 is 1.37 bits per heavy atom. The largest absolute Gasteiger partial charge is 0.493 e. The van der Waals surface area contributed by atoms with E-state index in [1.807, 2.05) is 24.3 Å². The molecule has 0 bridgehead atoms. The van der Waals surface area contributed by atoms with Crippen molar-refractivity contribution in [3.05, 3.63) is 28.7 Å². The van der Waals surface area contributed by atoms with E-state index in [2.05, 4.69) is 15.9 Å². The van der Waals surface area contributed by atoms with Crippen molar-refractivity contribution in [3.63, 3.8) is 0 Å². The predicted octanol–water partition coefficient (Wildman–Crippen LogP) is 0.782. The van der Waals surface area contributed by atoms with Gasteiger partial charge in [-0.05, 0) is 18.2 Å². The first kappa shape index (κ1) is 14.3. The highest BCUT2D eigenvalue weighted by atomic mass is 79.9. The Morgan fingerprint density at radius 3 is 2.68 bits per heavy atom. The Morgan fingerprint density at radius 2 is 2.05 bits per heavy atom. The van der Waals surface area contributed by atoms with Gasteiger partial charge in [0.2, 0.25) is 5.91 Å². The number of nitrogens with zero attached hydrogens (tertiary/aromatic N) is 1. The zero-order chi connectivity index (χ0) is 13.8. The standard InChI is InChI=1S/C13H16BrNO4/c14-9-2-1-3-10(6-9)19-5-4-13(18)15-7-11(16)12(17)8-15/h1-3,6,11-12,16-17H,4-5,7-8H2. The van der Waals surface area contributed by atoms with Gasteiger partial charge in [0.1, 0.15) is 5.75 Å². The fourth-order valence-electron chi connectivity index (χ4n) is 1.94. The van der Waals surface area contributed by atoms with Crippen LogP contribution in [0.3, 0.4) is 0 Å². The molecule has 19 heavy (non-hydrogen) atoms. The fraction of sp³-hybridized carbons (Fsp3) is 0.462. The summed E-state index contributed by atoms with van der Waals surface area (Å²) >= 11 is 3.34. The number of β-amino-alcohol motifs (C(OH)–C–C–N with tert-alkyl or cyclic N) is 2. The molecule has 1 amide bonds. The Bertz CT molecular complexity index is 444. The molecule has 5 nitrogen and oxygen atoms in total. The molecular formula is C13H16BrNO4. The van der Waals surface area contributed by atoms with E-state index in [1.165, 1.54) is 4.90 Å². The SMILES string of the molecule is O=C(CCOc1cccc(Br)c1)N1CC(O)C(O)C1. The van der Waals surface area contributed by atoms with Crippen LogP contribution < -0.4 is 4.74 Å². The molecule has 2 N–H and O–H groups in total. The molecule has 1 aromatic carbocycles. The number of aliphatic hydroxyl groups excluding tert-OH is 2. The zero-order valence-corrected chi connectivity index (χ0v) is 11.9. The summed E-state index contributed by atoms with van der Waals surface area (Å²) in [5.74, 6) is 0.578. The summed E-state index contributed by atoms with van der Waals surface area (Å²) in [7, 11) is 0. The van der Waals surface area contributed by atoms with Gasteiger partial charge in [-0.3, -0.25) is 4.79 Å². The van der Waals surface area contributed by atoms with Gasteiger partial charge in [-0.25, -0.2) is 0 Å². The number of carbonyl (C=O) groups is 1. The first-order valence-corrected chi connectivity index (χ1v) is 6.88. The summed E-state index contributed by atoms with van der Waals surface area (Å²) in [4.78, 5) is 13.3. The molecule has 1 saturated heterocycles. The molecule has 1 aliphatic rings. The van der Waals surface area contributed by atoms with E-state index in [-0.39, 0.29) is 32.0 Å². The molecule has 1 fully saturated rings. The first-order chi connectivity index (χ1) is 9.06. The average molecular weight is 330 g/mol. The molecule has 6 heteroatoms. The van der Waals surface area contributed by atoms with Crippen molar-refractivity contribution >= 4 is 21.8 Å². The fourth-order valence-corrected chi connectivity index (χ4v) is 2.32. The van der Waals surface area contributed by atoms with Crippen molar-refractivity contribution in [2.45, 2.75) is 18.6 Å². The molecule has 0 aromatic heterocycles. The number of amides is 1. The van der Waals surface area contributed by atoms with Gasteiger partial charge in [-0.1, -0.05) is 22.0 Å². The van der Waals surface area contributed by atoms with Gasteiger partial charge in [-0.15, -0.1) is 0 Å². The van der Waals surface area contributed by atoms with Crippen LogP contribution in [-0.2, 0) is 4.79 Å². The Labute approximate surface area is 119 Å². The molecule has 0 aliphatic carbocycles. The predicted molar refractivity (Wildman–Crippen MR) is 72.8 cm³/mol. The highest BCUT2D eigenvalue weighted by Crippen LogP contribution is 2.18. The van der Waals surface area contributed by atoms with E-state index in [9.17, 15) is 15.0 Å². The lowest BCUT2D eigenvalue weighted by Gasteiger charge is -2.15. The van der Waals surface area contributed by atoms with E-state index in [1.54, 1.807) is 0 Å². The number of rotatable bonds is 4. The van der Waals surface area contributed by atoms with Gasteiger partial charge in [-0.2, -0.15) is 0 Å². The quantitative estimate of drug-likeness (QED) is 0.856. The Hall–Kier alpha value is -1.11. The summed E-state index contributed by atoms with van der Waals surface area (Å²) in [6.45, 7) is 0.658.